The van der Waals surface area contributed by atoms with Gasteiger partial charge in [0.05, 0.1) is 25.3 Å². The standard InChI is InChI=1S/C19H19FN2O4/c1-11(12-7-8-15(25-2)13(20)9-12)21-18(23)10-17-19(24)22-14-5-3-4-6-16(14)26-17/h3-9,11,17H,10H2,1-2H3,(H,21,23)(H,22,24)/t11-,17+/m0/s1. The average molecular weight is 358 g/mol. The van der Waals surface area contributed by atoms with E-state index in [0.29, 0.717) is 17.0 Å². The van der Waals surface area contributed by atoms with E-state index in [2.05, 4.69) is 10.6 Å². The quantitative estimate of drug-likeness (QED) is 0.862. The number of rotatable bonds is 5. The molecule has 0 aliphatic carbocycles. The summed E-state index contributed by atoms with van der Waals surface area (Å²) in [7, 11) is 1.39. The van der Waals surface area contributed by atoms with Gasteiger partial charge >= 0.3 is 0 Å². The first-order valence-corrected chi connectivity index (χ1v) is 8.17. The summed E-state index contributed by atoms with van der Waals surface area (Å²) in [5.41, 5.74) is 1.17. The van der Waals surface area contributed by atoms with Crippen molar-refractivity contribution in [3.8, 4) is 11.5 Å². The molecule has 6 nitrogen and oxygen atoms in total. The summed E-state index contributed by atoms with van der Waals surface area (Å²) in [6, 6.07) is 11.1. The molecule has 2 aromatic carbocycles. The summed E-state index contributed by atoms with van der Waals surface area (Å²) in [5.74, 6) is -0.582. The third-order valence-corrected chi connectivity index (χ3v) is 4.13. The predicted octanol–water partition coefficient (Wildman–Crippen LogP) is 2.80. The van der Waals surface area contributed by atoms with Crippen molar-refractivity contribution >= 4 is 17.5 Å². The first kappa shape index (κ1) is 17.7. The Balaban J connectivity index is 1.62. The lowest BCUT2D eigenvalue weighted by atomic mass is 10.1. The van der Waals surface area contributed by atoms with Gasteiger partial charge in [-0.1, -0.05) is 18.2 Å². The Morgan fingerprint density at radius 3 is 2.85 bits per heavy atom. The van der Waals surface area contributed by atoms with Gasteiger partial charge < -0.3 is 20.1 Å². The first-order chi connectivity index (χ1) is 12.5. The maximum atomic E-state index is 13.8. The fourth-order valence-corrected chi connectivity index (χ4v) is 2.73. The van der Waals surface area contributed by atoms with E-state index in [-0.39, 0.29) is 24.0 Å². The van der Waals surface area contributed by atoms with Gasteiger partial charge in [-0.15, -0.1) is 0 Å². The van der Waals surface area contributed by atoms with Crippen molar-refractivity contribution in [2.24, 2.45) is 0 Å². The minimum Gasteiger partial charge on any atom is -0.494 e. The molecule has 0 radical (unpaired) electrons. The van der Waals surface area contributed by atoms with Gasteiger partial charge in [0, 0.05) is 0 Å². The molecule has 0 fully saturated rings. The Morgan fingerprint density at radius 1 is 1.35 bits per heavy atom. The molecule has 136 valence electrons. The molecule has 7 heteroatoms. The molecule has 2 atom stereocenters. The highest BCUT2D eigenvalue weighted by Crippen LogP contribution is 2.29. The summed E-state index contributed by atoms with van der Waals surface area (Å²) in [4.78, 5) is 24.4. The molecule has 0 saturated heterocycles. The molecule has 2 aromatic rings. The molecule has 2 N–H and O–H groups in total. The maximum Gasteiger partial charge on any atom is 0.266 e. The smallest absolute Gasteiger partial charge is 0.266 e. The minimum atomic E-state index is -0.912. The van der Waals surface area contributed by atoms with Crippen LogP contribution in [0.2, 0.25) is 0 Å². The van der Waals surface area contributed by atoms with Crippen LogP contribution in [-0.2, 0) is 9.59 Å². The Hall–Kier alpha value is -3.09. The number of methoxy groups -OCH3 is 1. The van der Waals surface area contributed by atoms with E-state index < -0.39 is 18.0 Å². The van der Waals surface area contributed by atoms with Crippen LogP contribution in [0.3, 0.4) is 0 Å². The second-order valence-corrected chi connectivity index (χ2v) is 5.98. The number of carbonyl (C=O) groups excluding carboxylic acids is 2. The van der Waals surface area contributed by atoms with Crippen LogP contribution in [0.5, 0.6) is 11.5 Å². The number of hydrogen-bond donors (Lipinski definition) is 2. The highest BCUT2D eigenvalue weighted by molar-refractivity contribution is 5.99. The van der Waals surface area contributed by atoms with Crippen LogP contribution < -0.4 is 20.1 Å². The monoisotopic (exact) mass is 358 g/mol. The van der Waals surface area contributed by atoms with E-state index in [4.69, 9.17) is 9.47 Å². The zero-order valence-electron chi connectivity index (χ0n) is 14.4. The molecular formula is C19H19FN2O4. The lowest BCUT2D eigenvalue weighted by Crippen LogP contribution is -2.41. The summed E-state index contributed by atoms with van der Waals surface area (Å²) >= 11 is 0. The van der Waals surface area contributed by atoms with E-state index >= 15 is 0 Å². The number of fused-ring (bicyclic) bond motifs is 1. The number of benzene rings is 2. The highest BCUT2D eigenvalue weighted by atomic mass is 19.1. The van der Waals surface area contributed by atoms with Gasteiger partial charge in [-0.3, -0.25) is 9.59 Å². The molecule has 1 aliphatic heterocycles. The summed E-state index contributed by atoms with van der Waals surface area (Å²) in [6.45, 7) is 1.73. The third kappa shape index (κ3) is 3.77. The van der Waals surface area contributed by atoms with Crippen molar-refractivity contribution in [3.63, 3.8) is 0 Å². The summed E-state index contributed by atoms with van der Waals surface area (Å²) < 4.78 is 24.3. The van der Waals surface area contributed by atoms with Crippen molar-refractivity contribution in [1.29, 1.82) is 0 Å². The lowest BCUT2D eigenvalue weighted by Gasteiger charge is -2.26. The summed E-state index contributed by atoms with van der Waals surface area (Å²) in [6.07, 6.45) is -1.05. The second kappa shape index (κ2) is 7.43. The van der Waals surface area contributed by atoms with Gasteiger partial charge in [-0.05, 0) is 36.8 Å². The van der Waals surface area contributed by atoms with Crippen LogP contribution in [0.25, 0.3) is 0 Å². The Morgan fingerprint density at radius 2 is 2.12 bits per heavy atom. The second-order valence-electron chi connectivity index (χ2n) is 5.98. The number of amides is 2. The van der Waals surface area contributed by atoms with E-state index in [1.807, 2.05) is 0 Å². The van der Waals surface area contributed by atoms with Crippen LogP contribution in [0, 0.1) is 5.82 Å². The highest BCUT2D eigenvalue weighted by Gasteiger charge is 2.29. The summed E-state index contributed by atoms with van der Waals surface area (Å²) in [5, 5.41) is 5.46. The molecule has 1 aliphatic rings. The van der Waals surface area contributed by atoms with Crippen LogP contribution in [0.4, 0.5) is 10.1 Å². The number of hydrogen-bond acceptors (Lipinski definition) is 4. The molecule has 0 aromatic heterocycles. The zero-order chi connectivity index (χ0) is 18.7. The van der Waals surface area contributed by atoms with Gasteiger partial charge in [0.2, 0.25) is 5.91 Å². The molecular weight excluding hydrogens is 339 g/mol. The van der Waals surface area contributed by atoms with E-state index in [1.54, 1.807) is 37.3 Å². The SMILES string of the molecule is COc1ccc([C@H](C)NC(=O)C[C@H]2Oc3ccccc3NC2=O)cc1F. The molecule has 26 heavy (non-hydrogen) atoms. The fourth-order valence-electron chi connectivity index (χ4n) is 2.73. The third-order valence-electron chi connectivity index (χ3n) is 4.13. The zero-order valence-corrected chi connectivity index (χ0v) is 14.4. The molecule has 1 heterocycles. The largest absolute Gasteiger partial charge is 0.494 e. The van der Waals surface area contributed by atoms with Crippen molar-refractivity contribution in [1.82, 2.24) is 5.32 Å². The van der Waals surface area contributed by atoms with Gasteiger partial charge in [0.1, 0.15) is 5.75 Å². The van der Waals surface area contributed by atoms with Crippen LogP contribution in [0.15, 0.2) is 42.5 Å². The average Bonchev–Trinajstić information content (AvgIpc) is 2.62. The Labute approximate surface area is 150 Å². The van der Waals surface area contributed by atoms with Crippen molar-refractivity contribution in [3.05, 3.63) is 53.8 Å². The predicted molar refractivity (Wildman–Crippen MR) is 93.6 cm³/mol. The minimum absolute atomic E-state index is 0.136. The van der Waals surface area contributed by atoms with E-state index in [0.717, 1.165) is 0 Å². The number of nitrogens with one attached hydrogen (secondary N) is 2. The Kier molecular flexibility index (Phi) is 5.06. The van der Waals surface area contributed by atoms with Crippen LogP contribution >= 0.6 is 0 Å². The normalized spacial score (nSPS) is 16.7. The topological polar surface area (TPSA) is 76.7 Å². The molecule has 0 unspecified atom stereocenters. The van der Waals surface area contributed by atoms with Crippen molar-refractivity contribution in [2.75, 3.05) is 12.4 Å². The van der Waals surface area contributed by atoms with Crippen LogP contribution in [-0.4, -0.2) is 25.0 Å². The van der Waals surface area contributed by atoms with Crippen molar-refractivity contribution in [2.45, 2.75) is 25.5 Å². The maximum absolute atomic E-state index is 13.8. The molecule has 0 bridgehead atoms. The van der Waals surface area contributed by atoms with Gasteiger partial charge in [0.25, 0.3) is 5.91 Å². The number of ether oxygens (including phenoxy) is 2. The number of anilines is 1. The molecule has 0 saturated carbocycles. The Bertz CT molecular complexity index is 840. The number of halogens is 1. The van der Waals surface area contributed by atoms with Gasteiger partial charge in [-0.2, -0.15) is 0 Å². The molecule has 3 rings (SSSR count). The lowest BCUT2D eigenvalue weighted by molar-refractivity contribution is -0.130. The van der Waals surface area contributed by atoms with Gasteiger partial charge in [0.15, 0.2) is 17.7 Å². The van der Waals surface area contributed by atoms with Gasteiger partial charge in [-0.25, -0.2) is 4.39 Å². The molecule has 2 amide bonds. The number of carbonyl (C=O) groups is 2. The number of para-hydroxylation sites is 2. The molecule has 0 spiro atoms. The van der Waals surface area contributed by atoms with Crippen LogP contribution in [0.1, 0.15) is 24.9 Å². The van der Waals surface area contributed by atoms with Crippen molar-refractivity contribution < 1.29 is 23.5 Å². The first-order valence-electron chi connectivity index (χ1n) is 8.17. The van der Waals surface area contributed by atoms with E-state index in [9.17, 15) is 14.0 Å². The fraction of sp³-hybridized carbons (Fsp3) is 0.263. The van der Waals surface area contributed by atoms with E-state index in [1.165, 1.54) is 19.2 Å².